The number of halogens is 5. The Balaban J connectivity index is 1.61. The van der Waals surface area contributed by atoms with Gasteiger partial charge < -0.3 is 16.4 Å². The number of amides is 1. The first-order valence-electron chi connectivity index (χ1n) is 9.93. The van der Waals surface area contributed by atoms with Crippen molar-refractivity contribution in [2.24, 2.45) is 10.7 Å². The number of nitrogens with zero attached hydrogens (tertiary/aromatic N) is 3. The highest BCUT2D eigenvalue weighted by Crippen LogP contribution is 2.30. The second kappa shape index (κ2) is 9.53. The average Bonchev–Trinajstić information content (AvgIpc) is 3.19. The Morgan fingerprint density at radius 2 is 1.91 bits per heavy atom. The van der Waals surface area contributed by atoms with E-state index in [0.717, 1.165) is 19.4 Å². The lowest BCUT2D eigenvalue weighted by molar-refractivity contribution is -0.140. The maximum absolute atomic E-state index is 13.0. The van der Waals surface area contributed by atoms with E-state index in [9.17, 15) is 26.7 Å². The summed E-state index contributed by atoms with van der Waals surface area (Å²) in [4.78, 5) is 19.4. The Morgan fingerprint density at radius 1 is 1.25 bits per heavy atom. The van der Waals surface area contributed by atoms with Crippen LogP contribution in [0.4, 0.5) is 27.8 Å². The number of alkyl halides is 5. The molecule has 2 aromatic heterocycles. The molecule has 1 aliphatic carbocycles. The predicted molar refractivity (Wildman–Crippen MR) is 110 cm³/mol. The van der Waals surface area contributed by atoms with Gasteiger partial charge >= 0.3 is 6.18 Å². The largest absolute Gasteiger partial charge is 0.434 e. The number of carbonyl (C=O) groups excluding carboxylic acids is 1. The predicted octanol–water partition coefficient (Wildman–Crippen LogP) is 3.37. The van der Waals surface area contributed by atoms with Crippen LogP contribution >= 0.6 is 0 Å². The van der Waals surface area contributed by atoms with Crippen LogP contribution in [0.5, 0.6) is 0 Å². The summed E-state index contributed by atoms with van der Waals surface area (Å²) in [6.45, 7) is 0. The summed E-state index contributed by atoms with van der Waals surface area (Å²) in [5.41, 5.74) is 3.52. The van der Waals surface area contributed by atoms with Crippen molar-refractivity contribution in [2.75, 3.05) is 12.4 Å². The lowest BCUT2D eigenvalue weighted by Gasteiger charge is -2.30. The molecule has 2 heterocycles. The maximum atomic E-state index is 13.0. The third-order valence-electron chi connectivity index (χ3n) is 5.33. The Morgan fingerprint density at radius 3 is 2.47 bits per heavy atom. The van der Waals surface area contributed by atoms with Crippen molar-refractivity contribution in [3.8, 4) is 0 Å². The molecule has 3 rings (SSSR count). The van der Waals surface area contributed by atoms with Crippen LogP contribution in [0.1, 0.15) is 31.4 Å². The van der Waals surface area contributed by atoms with E-state index < -0.39 is 29.9 Å². The van der Waals surface area contributed by atoms with E-state index in [1.165, 1.54) is 10.5 Å². The monoisotopic (exact) mass is 458 g/mol. The highest BCUT2D eigenvalue weighted by Gasteiger charge is 2.34. The van der Waals surface area contributed by atoms with Crippen LogP contribution in [0.25, 0.3) is 5.65 Å². The van der Waals surface area contributed by atoms with Crippen molar-refractivity contribution in [3.63, 3.8) is 0 Å². The van der Waals surface area contributed by atoms with Gasteiger partial charge in [-0.25, -0.2) is 13.8 Å². The van der Waals surface area contributed by atoms with Gasteiger partial charge in [-0.05, 0) is 37.8 Å². The SMILES string of the molecule is CN=C(/C(=C\N)C(=O)NC1CCC(Nc2cccc3nc(C(F)(F)F)cn23)CC1)C(F)F. The number of nitrogens with one attached hydrogen (secondary N) is 2. The molecular formula is C20H23F5N6O. The average molecular weight is 458 g/mol. The van der Waals surface area contributed by atoms with Crippen molar-refractivity contribution in [1.82, 2.24) is 14.7 Å². The van der Waals surface area contributed by atoms with Crippen LogP contribution in [0.3, 0.4) is 0 Å². The number of aromatic nitrogens is 2. The molecule has 0 aromatic carbocycles. The summed E-state index contributed by atoms with van der Waals surface area (Å²) in [6.07, 6.45) is -3.35. The molecule has 0 saturated heterocycles. The molecule has 1 aliphatic rings. The van der Waals surface area contributed by atoms with E-state index in [0.29, 0.717) is 31.5 Å². The number of hydrogen-bond donors (Lipinski definition) is 3. The first kappa shape index (κ1) is 23.5. The zero-order valence-corrected chi connectivity index (χ0v) is 17.2. The van der Waals surface area contributed by atoms with Gasteiger partial charge in [0.1, 0.15) is 17.2 Å². The number of nitrogens with two attached hydrogens (primary N) is 1. The van der Waals surface area contributed by atoms with Gasteiger partial charge in [0.25, 0.3) is 12.3 Å². The summed E-state index contributed by atoms with van der Waals surface area (Å²) in [6, 6.07) is 4.49. The quantitative estimate of drug-likeness (QED) is 0.351. The van der Waals surface area contributed by atoms with Gasteiger partial charge in [-0.1, -0.05) is 6.07 Å². The van der Waals surface area contributed by atoms with E-state index in [2.05, 4.69) is 20.6 Å². The van der Waals surface area contributed by atoms with Gasteiger partial charge in [-0.2, -0.15) is 13.2 Å². The molecule has 0 spiro atoms. The molecule has 1 fully saturated rings. The summed E-state index contributed by atoms with van der Waals surface area (Å²) in [5.74, 6) is -0.236. The zero-order valence-electron chi connectivity index (χ0n) is 17.2. The Hall–Kier alpha value is -3.18. The van der Waals surface area contributed by atoms with E-state index in [4.69, 9.17) is 5.73 Å². The van der Waals surface area contributed by atoms with Crippen LogP contribution in [0.15, 0.2) is 41.2 Å². The molecule has 1 amide bonds. The highest BCUT2D eigenvalue weighted by molar-refractivity contribution is 6.22. The second-order valence-corrected chi connectivity index (χ2v) is 7.42. The fourth-order valence-electron chi connectivity index (χ4n) is 3.73. The number of aliphatic imine (C=N–C) groups is 1. The second-order valence-electron chi connectivity index (χ2n) is 7.42. The van der Waals surface area contributed by atoms with Gasteiger partial charge in [0.05, 0.1) is 5.57 Å². The molecule has 0 radical (unpaired) electrons. The van der Waals surface area contributed by atoms with Gasteiger partial charge in [0.2, 0.25) is 0 Å². The topological polar surface area (TPSA) is 96.8 Å². The number of hydrogen-bond acceptors (Lipinski definition) is 5. The van der Waals surface area contributed by atoms with E-state index in [1.54, 1.807) is 12.1 Å². The van der Waals surface area contributed by atoms with Crippen molar-refractivity contribution < 1.29 is 26.7 Å². The Bertz CT molecular complexity index is 1020. The number of rotatable bonds is 6. The smallest absolute Gasteiger partial charge is 0.404 e. The van der Waals surface area contributed by atoms with Crippen molar-refractivity contribution in [3.05, 3.63) is 41.9 Å². The third kappa shape index (κ3) is 5.17. The van der Waals surface area contributed by atoms with Crippen LogP contribution in [0.2, 0.25) is 0 Å². The van der Waals surface area contributed by atoms with E-state index in [-0.39, 0.29) is 23.3 Å². The molecule has 0 aliphatic heterocycles. The van der Waals surface area contributed by atoms with E-state index in [1.807, 2.05) is 0 Å². The summed E-state index contributed by atoms with van der Waals surface area (Å²) >= 11 is 0. The van der Waals surface area contributed by atoms with Gasteiger partial charge in [-0.15, -0.1) is 0 Å². The molecule has 32 heavy (non-hydrogen) atoms. The molecule has 174 valence electrons. The fourth-order valence-corrected chi connectivity index (χ4v) is 3.73. The van der Waals surface area contributed by atoms with Crippen LogP contribution in [0, 0.1) is 0 Å². The molecule has 0 unspecified atom stereocenters. The molecule has 2 aromatic rings. The summed E-state index contributed by atoms with van der Waals surface area (Å²) in [5, 5.41) is 5.94. The van der Waals surface area contributed by atoms with E-state index >= 15 is 0 Å². The maximum Gasteiger partial charge on any atom is 0.434 e. The number of carbonyl (C=O) groups is 1. The summed E-state index contributed by atoms with van der Waals surface area (Å²) < 4.78 is 66.3. The molecule has 12 heteroatoms. The Labute approximate surface area is 180 Å². The van der Waals surface area contributed by atoms with Crippen molar-refractivity contribution in [1.29, 1.82) is 0 Å². The highest BCUT2D eigenvalue weighted by atomic mass is 19.4. The fraction of sp³-hybridized carbons (Fsp3) is 0.450. The van der Waals surface area contributed by atoms with Crippen LogP contribution < -0.4 is 16.4 Å². The zero-order chi connectivity index (χ0) is 23.5. The first-order chi connectivity index (χ1) is 15.1. The van der Waals surface area contributed by atoms with Gasteiger partial charge in [0.15, 0.2) is 5.69 Å². The molecular weight excluding hydrogens is 435 g/mol. The molecule has 0 atom stereocenters. The lowest BCUT2D eigenvalue weighted by Crippen LogP contribution is -2.42. The summed E-state index contributed by atoms with van der Waals surface area (Å²) in [7, 11) is 1.16. The molecule has 4 N–H and O–H groups in total. The Kier molecular flexibility index (Phi) is 6.99. The first-order valence-corrected chi connectivity index (χ1v) is 9.93. The minimum absolute atomic E-state index is 0.0381. The minimum atomic E-state index is -4.54. The van der Waals surface area contributed by atoms with Crippen molar-refractivity contribution >= 4 is 23.1 Å². The molecule has 1 saturated carbocycles. The number of imidazole rings is 1. The van der Waals surface area contributed by atoms with Gasteiger partial charge in [0, 0.05) is 31.5 Å². The number of anilines is 1. The minimum Gasteiger partial charge on any atom is -0.404 e. The number of fused-ring (bicyclic) bond motifs is 1. The van der Waals surface area contributed by atoms with Crippen LogP contribution in [-0.2, 0) is 11.0 Å². The third-order valence-corrected chi connectivity index (χ3v) is 5.33. The van der Waals surface area contributed by atoms with Gasteiger partial charge in [-0.3, -0.25) is 14.2 Å². The standard InChI is InChI=1S/C20H23F5N6O/c1-27-17(18(21)22)13(9-26)19(32)29-12-7-5-11(6-8-12)28-15-3-2-4-16-30-14(10-31(15)16)20(23,24)25/h2-4,9-12,18,28H,5-8,26H2,1H3,(H,29,32)/b13-9+,27-17?. The van der Waals surface area contributed by atoms with Crippen molar-refractivity contribution in [2.45, 2.75) is 50.4 Å². The normalized spacial score (nSPS) is 20.6. The molecule has 7 nitrogen and oxygen atoms in total. The number of pyridine rings is 1. The lowest BCUT2D eigenvalue weighted by atomic mass is 9.91. The van der Waals surface area contributed by atoms with Crippen LogP contribution in [-0.4, -0.2) is 46.6 Å². The molecule has 0 bridgehead atoms.